The summed E-state index contributed by atoms with van der Waals surface area (Å²) < 4.78 is 42.8. The zero-order valence-electron chi connectivity index (χ0n) is 8.95. The van der Waals surface area contributed by atoms with Crippen molar-refractivity contribution in [3.05, 3.63) is 28.3 Å². The fourth-order valence-electron chi connectivity index (χ4n) is 1.33. The number of hydrogen-bond acceptors (Lipinski definition) is 3. The molecule has 0 fully saturated rings. The molecule has 0 heterocycles. The lowest BCUT2D eigenvalue weighted by atomic mass is 10.0. The number of aliphatic hydroxyl groups is 1. The molecule has 0 aliphatic carbocycles. The number of alkyl halides is 3. The number of halogens is 4. The van der Waals surface area contributed by atoms with Crippen molar-refractivity contribution in [3.63, 3.8) is 0 Å². The Morgan fingerprint density at radius 2 is 2.00 bits per heavy atom. The van der Waals surface area contributed by atoms with Gasteiger partial charge in [0.2, 0.25) is 0 Å². The first kappa shape index (κ1) is 14.6. The molecule has 2 N–H and O–H groups in total. The monoisotopic (exact) mass is 284 g/mol. The third-order valence-corrected chi connectivity index (χ3v) is 2.45. The third kappa shape index (κ3) is 2.85. The molecule has 1 atom stereocenters. The Morgan fingerprint density at radius 1 is 1.44 bits per heavy atom. The molecule has 100 valence electrons. The minimum Gasteiger partial charge on any atom is -0.495 e. The van der Waals surface area contributed by atoms with E-state index in [-0.39, 0.29) is 10.8 Å². The molecule has 0 radical (unpaired) electrons. The van der Waals surface area contributed by atoms with Crippen molar-refractivity contribution < 1.29 is 32.9 Å². The highest BCUT2D eigenvalue weighted by molar-refractivity contribution is 6.32. The summed E-state index contributed by atoms with van der Waals surface area (Å²) in [4.78, 5) is 10.6. The molecule has 0 aliphatic heterocycles. The average molecular weight is 285 g/mol. The van der Waals surface area contributed by atoms with Gasteiger partial charge in [0.15, 0.2) is 6.10 Å². The van der Waals surface area contributed by atoms with Crippen LogP contribution in [-0.2, 0) is 11.0 Å². The molecule has 0 amide bonds. The van der Waals surface area contributed by atoms with Gasteiger partial charge in [-0.2, -0.15) is 13.2 Å². The first-order valence-corrected chi connectivity index (χ1v) is 4.91. The molecule has 0 aromatic heterocycles. The molecule has 0 saturated heterocycles. The summed E-state index contributed by atoms with van der Waals surface area (Å²) in [6.45, 7) is 0. The van der Waals surface area contributed by atoms with Gasteiger partial charge in [-0.3, -0.25) is 0 Å². The maximum Gasteiger partial charge on any atom is 0.416 e. The molecule has 1 unspecified atom stereocenters. The molecule has 0 bridgehead atoms. The Hall–Kier alpha value is -1.47. The lowest BCUT2D eigenvalue weighted by Gasteiger charge is -2.17. The van der Waals surface area contributed by atoms with E-state index in [0.29, 0.717) is 6.07 Å². The molecular weight excluding hydrogens is 277 g/mol. The number of ether oxygens (including phenoxy) is 1. The second kappa shape index (κ2) is 5.03. The van der Waals surface area contributed by atoms with Crippen LogP contribution in [0, 0.1) is 0 Å². The minimum atomic E-state index is -4.83. The highest BCUT2D eigenvalue weighted by Gasteiger charge is 2.37. The number of aliphatic hydroxyl groups excluding tert-OH is 1. The van der Waals surface area contributed by atoms with Crippen molar-refractivity contribution in [2.75, 3.05) is 7.11 Å². The summed E-state index contributed by atoms with van der Waals surface area (Å²) in [6, 6.07) is 1.27. The first-order valence-electron chi connectivity index (χ1n) is 4.54. The topological polar surface area (TPSA) is 66.8 Å². The molecule has 0 saturated carbocycles. The number of carboxylic acids is 1. The van der Waals surface area contributed by atoms with Crippen molar-refractivity contribution in [2.24, 2.45) is 0 Å². The molecule has 0 aliphatic rings. The summed E-state index contributed by atoms with van der Waals surface area (Å²) in [5, 5.41) is 17.6. The van der Waals surface area contributed by atoms with Gasteiger partial charge in [-0.1, -0.05) is 11.6 Å². The van der Waals surface area contributed by atoms with Gasteiger partial charge in [0.25, 0.3) is 0 Å². The Balaban J connectivity index is 3.49. The number of hydrogen-bond donors (Lipinski definition) is 2. The van der Waals surface area contributed by atoms with Crippen LogP contribution in [0.15, 0.2) is 12.1 Å². The van der Waals surface area contributed by atoms with E-state index in [0.717, 1.165) is 13.2 Å². The number of benzene rings is 1. The van der Waals surface area contributed by atoms with Crippen molar-refractivity contribution in [1.82, 2.24) is 0 Å². The van der Waals surface area contributed by atoms with Crippen LogP contribution in [-0.4, -0.2) is 23.3 Å². The Morgan fingerprint density at radius 3 is 2.39 bits per heavy atom. The molecular formula is C10H8ClF3O4. The smallest absolute Gasteiger partial charge is 0.416 e. The van der Waals surface area contributed by atoms with Crippen LogP contribution >= 0.6 is 11.6 Å². The average Bonchev–Trinajstić information content (AvgIpc) is 2.25. The number of carboxylic acid groups (broad SMARTS) is 1. The van der Waals surface area contributed by atoms with Crippen molar-refractivity contribution in [1.29, 1.82) is 0 Å². The SMILES string of the molecule is COc1cc(C(F)(F)F)c(C(O)C(=O)O)cc1Cl. The largest absolute Gasteiger partial charge is 0.495 e. The van der Waals surface area contributed by atoms with Crippen LogP contribution in [0.2, 0.25) is 5.02 Å². The van der Waals surface area contributed by atoms with Crippen LogP contribution in [0.3, 0.4) is 0 Å². The fraction of sp³-hybridized carbons (Fsp3) is 0.300. The van der Waals surface area contributed by atoms with Crippen molar-refractivity contribution >= 4 is 17.6 Å². The van der Waals surface area contributed by atoms with Crippen LogP contribution in [0.25, 0.3) is 0 Å². The number of aliphatic carboxylic acids is 1. The Kier molecular flexibility index (Phi) is 4.08. The molecule has 1 rings (SSSR count). The van der Waals surface area contributed by atoms with Crippen molar-refractivity contribution in [3.8, 4) is 5.75 Å². The van der Waals surface area contributed by atoms with Gasteiger partial charge in [0.1, 0.15) is 5.75 Å². The van der Waals surface area contributed by atoms with E-state index in [1.165, 1.54) is 0 Å². The van der Waals surface area contributed by atoms with Crippen LogP contribution in [0.4, 0.5) is 13.2 Å². The van der Waals surface area contributed by atoms with Gasteiger partial charge in [0.05, 0.1) is 17.7 Å². The standard InChI is InChI=1S/C10H8ClF3O4/c1-18-7-3-5(10(12,13)14)4(2-6(7)11)8(15)9(16)17/h2-3,8,15H,1H3,(H,16,17). The highest BCUT2D eigenvalue weighted by atomic mass is 35.5. The predicted octanol–water partition coefficient (Wildman–Crippen LogP) is 2.49. The van der Waals surface area contributed by atoms with E-state index in [1.54, 1.807) is 0 Å². The van der Waals surface area contributed by atoms with Crippen LogP contribution < -0.4 is 4.74 Å². The lowest BCUT2D eigenvalue weighted by molar-refractivity contribution is -0.149. The fourth-order valence-corrected chi connectivity index (χ4v) is 1.58. The number of rotatable bonds is 3. The minimum absolute atomic E-state index is 0.221. The van der Waals surface area contributed by atoms with Gasteiger partial charge >= 0.3 is 12.1 Å². The molecule has 18 heavy (non-hydrogen) atoms. The third-order valence-electron chi connectivity index (χ3n) is 2.16. The lowest BCUT2D eigenvalue weighted by Crippen LogP contribution is -2.17. The molecule has 1 aromatic rings. The molecule has 8 heteroatoms. The van der Waals surface area contributed by atoms with E-state index in [9.17, 15) is 23.1 Å². The summed E-state index contributed by atoms with van der Waals surface area (Å²) in [5.41, 5.74) is -2.14. The maximum atomic E-state index is 12.7. The summed E-state index contributed by atoms with van der Waals surface area (Å²) in [5.74, 6) is -2.06. The summed E-state index contributed by atoms with van der Waals surface area (Å²) in [7, 11) is 1.12. The van der Waals surface area contributed by atoms with Gasteiger partial charge in [-0.05, 0) is 12.1 Å². The number of carbonyl (C=O) groups is 1. The zero-order valence-corrected chi connectivity index (χ0v) is 9.71. The molecule has 0 spiro atoms. The van der Waals surface area contributed by atoms with E-state index in [4.69, 9.17) is 16.7 Å². The normalized spacial score (nSPS) is 13.2. The second-order valence-corrected chi connectivity index (χ2v) is 3.72. The van der Waals surface area contributed by atoms with Crippen LogP contribution in [0.5, 0.6) is 5.75 Å². The second-order valence-electron chi connectivity index (χ2n) is 3.31. The highest BCUT2D eigenvalue weighted by Crippen LogP contribution is 2.40. The molecule has 1 aromatic carbocycles. The van der Waals surface area contributed by atoms with E-state index in [1.807, 2.05) is 0 Å². The maximum absolute atomic E-state index is 12.7. The van der Waals surface area contributed by atoms with E-state index < -0.39 is 29.4 Å². The Bertz CT molecular complexity index is 473. The predicted molar refractivity (Wildman–Crippen MR) is 55.6 cm³/mol. The quantitative estimate of drug-likeness (QED) is 0.895. The zero-order chi connectivity index (χ0) is 14.1. The van der Waals surface area contributed by atoms with Gasteiger partial charge < -0.3 is 14.9 Å². The first-order chi connectivity index (χ1) is 8.18. The summed E-state index contributed by atoms with van der Waals surface area (Å²) in [6.07, 6.45) is -7.14. The van der Waals surface area contributed by atoms with Gasteiger partial charge in [-0.15, -0.1) is 0 Å². The van der Waals surface area contributed by atoms with Gasteiger partial charge in [-0.25, -0.2) is 4.79 Å². The summed E-state index contributed by atoms with van der Waals surface area (Å²) >= 11 is 5.60. The van der Waals surface area contributed by atoms with Gasteiger partial charge in [0, 0.05) is 5.56 Å². The van der Waals surface area contributed by atoms with E-state index in [2.05, 4.69) is 4.74 Å². The Labute approximate surface area is 105 Å². The van der Waals surface area contributed by atoms with Crippen LogP contribution in [0.1, 0.15) is 17.2 Å². The molecule has 4 nitrogen and oxygen atoms in total. The van der Waals surface area contributed by atoms with Crippen molar-refractivity contribution in [2.45, 2.75) is 12.3 Å². The number of methoxy groups -OCH3 is 1. The van der Waals surface area contributed by atoms with E-state index >= 15 is 0 Å².